The lowest BCUT2D eigenvalue weighted by molar-refractivity contribution is -0.324. The lowest BCUT2D eigenvalue weighted by Gasteiger charge is -2.55. The molecule has 1 unspecified atom stereocenters. The Morgan fingerprint density at radius 1 is 1.10 bits per heavy atom. The van der Waals surface area contributed by atoms with Crippen LogP contribution in [0.4, 0.5) is 0 Å². The maximum Gasteiger partial charge on any atom is 0.335 e. The summed E-state index contributed by atoms with van der Waals surface area (Å²) in [6.45, 7) is 1.92. The van der Waals surface area contributed by atoms with E-state index in [1.165, 1.54) is 0 Å². The van der Waals surface area contributed by atoms with Crippen LogP contribution in [0.15, 0.2) is 47.5 Å². The molecule has 2 bridgehead atoms. The van der Waals surface area contributed by atoms with E-state index in [1.807, 2.05) is 35.2 Å². The first kappa shape index (κ1) is 20.5. The number of benzene rings is 1. The monoisotopic (exact) mass is 459 g/mol. The number of ether oxygens (including phenoxy) is 3. The smallest absolute Gasteiger partial charge is 0.335 e. The predicted molar refractivity (Wildman–Crippen MR) is 114 cm³/mol. The number of rotatable bonds is 6. The number of hydrogen-bond acceptors (Lipinski definition) is 10. The number of thioether (sulfide) groups is 1. The topological polar surface area (TPSA) is 90.9 Å². The fraction of sp³-hybridized carbons (Fsp3) is 0.429. The molecule has 0 amide bonds. The van der Waals surface area contributed by atoms with Crippen molar-refractivity contribution in [3.05, 3.63) is 48.2 Å². The van der Waals surface area contributed by atoms with Crippen LogP contribution in [-0.2, 0) is 19.1 Å². The second-order valence-corrected chi connectivity index (χ2v) is 9.19. The minimum atomic E-state index is -1.47. The zero-order valence-corrected chi connectivity index (χ0v) is 18.3. The molecule has 1 aromatic carbocycles. The Hall–Kier alpha value is -2.43. The maximum absolute atomic E-state index is 12.3. The highest BCUT2D eigenvalue weighted by atomic mass is 32.2. The zero-order valence-electron chi connectivity index (χ0n) is 16.6. The summed E-state index contributed by atoms with van der Waals surface area (Å²) in [6, 6.07) is 9.64. The summed E-state index contributed by atoms with van der Waals surface area (Å²) in [7, 11) is 0. The first-order chi connectivity index (χ1) is 15.2. The van der Waals surface area contributed by atoms with Gasteiger partial charge in [-0.25, -0.2) is 14.5 Å². The average Bonchev–Trinajstić information content (AvgIpc) is 3.18. The van der Waals surface area contributed by atoms with Crippen molar-refractivity contribution in [1.29, 1.82) is 0 Å². The van der Waals surface area contributed by atoms with E-state index in [0.29, 0.717) is 25.4 Å². The number of aromatic nitrogens is 2. The molecule has 1 atom stereocenters. The van der Waals surface area contributed by atoms with E-state index in [1.54, 1.807) is 11.8 Å². The molecule has 3 fully saturated rings. The standard InChI is InChI=1S/C21H21N3O5S2/c25-16-6-7-17(26)29-21(28-16)18(14-8-10-24(21)11-9-14)19-20(23-31-22-19)30-13-12-27-15-4-2-1-3-5-15/h1-7,14,18H,8-13H2. The highest BCUT2D eigenvalue weighted by Gasteiger charge is 2.62. The van der Waals surface area contributed by atoms with Crippen LogP contribution in [0.3, 0.4) is 0 Å². The number of carbonyl (C=O) groups is 2. The molecule has 0 radical (unpaired) electrons. The van der Waals surface area contributed by atoms with Gasteiger partial charge in [-0.05, 0) is 30.9 Å². The molecule has 1 spiro atoms. The zero-order chi connectivity index (χ0) is 21.3. The van der Waals surface area contributed by atoms with E-state index in [0.717, 1.165) is 53.2 Å². The fourth-order valence-electron chi connectivity index (χ4n) is 4.50. The van der Waals surface area contributed by atoms with Gasteiger partial charge in [0.2, 0.25) is 0 Å². The van der Waals surface area contributed by atoms with E-state index in [2.05, 4.69) is 8.75 Å². The van der Waals surface area contributed by atoms with E-state index in [-0.39, 0.29) is 11.8 Å². The van der Waals surface area contributed by atoms with Crippen molar-refractivity contribution in [2.75, 3.05) is 25.4 Å². The van der Waals surface area contributed by atoms with E-state index < -0.39 is 17.8 Å². The third kappa shape index (κ3) is 3.95. The summed E-state index contributed by atoms with van der Waals surface area (Å²) in [5, 5.41) is 0.768. The van der Waals surface area contributed by atoms with Crippen molar-refractivity contribution in [2.45, 2.75) is 29.7 Å². The Bertz CT molecular complexity index is 968. The van der Waals surface area contributed by atoms with Gasteiger partial charge in [-0.15, -0.1) is 0 Å². The van der Waals surface area contributed by atoms with Crippen molar-refractivity contribution in [1.82, 2.24) is 13.6 Å². The minimum Gasteiger partial charge on any atom is -0.493 e. The van der Waals surface area contributed by atoms with Crippen LogP contribution in [0, 0.1) is 5.92 Å². The average molecular weight is 460 g/mol. The van der Waals surface area contributed by atoms with Crippen LogP contribution < -0.4 is 4.74 Å². The molecule has 3 saturated heterocycles. The van der Waals surface area contributed by atoms with E-state index in [4.69, 9.17) is 14.2 Å². The lowest BCUT2D eigenvalue weighted by Crippen LogP contribution is -2.66. The molecule has 10 heteroatoms. The first-order valence-corrected chi connectivity index (χ1v) is 11.9. The van der Waals surface area contributed by atoms with Crippen molar-refractivity contribution in [3.8, 4) is 5.75 Å². The quantitative estimate of drug-likeness (QED) is 0.367. The third-order valence-electron chi connectivity index (χ3n) is 5.80. The van der Waals surface area contributed by atoms with Crippen LogP contribution >= 0.6 is 23.5 Å². The van der Waals surface area contributed by atoms with Gasteiger partial charge < -0.3 is 14.2 Å². The van der Waals surface area contributed by atoms with E-state index in [9.17, 15) is 9.59 Å². The molecule has 162 valence electrons. The van der Waals surface area contributed by atoms with Gasteiger partial charge in [0, 0.05) is 31.0 Å². The van der Waals surface area contributed by atoms with Crippen LogP contribution in [0.2, 0.25) is 0 Å². The molecular formula is C21H21N3O5S2. The Balaban J connectivity index is 1.37. The normalized spacial score (nSPS) is 26.4. The highest BCUT2D eigenvalue weighted by molar-refractivity contribution is 7.99. The van der Waals surface area contributed by atoms with Gasteiger partial charge in [-0.2, -0.15) is 8.75 Å². The molecule has 0 saturated carbocycles. The summed E-state index contributed by atoms with van der Waals surface area (Å²) >= 11 is 2.66. The molecule has 8 nitrogen and oxygen atoms in total. The Morgan fingerprint density at radius 3 is 2.52 bits per heavy atom. The largest absolute Gasteiger partial charge is 0.493 e. The molecule has 31 heavy (non-hydrogen) atoms. The second kappa shape index (κ2) is 8.60. The molecule has 0 aliphatic carbocycles. The van der Waals surface area contributed by atoms with Crippen molar-refractivity contribution in [2.24, 2.45) is 5.92 Å². The van der Waals surface area contributed by atoms with Crippen LogP contribution in [0.1, 0.15) is 24.5 Å². The summed E-state index contributed by atoms with van der Waals surface area (Å²) in [6.07, 6.45) is 4.09. The van der Waals surface area contributed by atoms with E-state index >= 15 is 0 Å². The SMILES string of the molecule is O=C1C=CC(=O)OC2(O1)C(c1nsnc1SCCOc1ccccc1)C1CCN2CC1. The number of esters is 2. The second-order valence-electron chi connectivity index (χ2n) is 7.57. The molecule has 6 rings (SSSR count). The first-order valence-electron chi connectivity index (χ1n) is 10.2. The van der Waals surface area contributed by atoms with Gasteiger partial charge in [-0.3, -0.25) is 0 Å². The van der Waals surface area contributed by atoms with Crippen LogP contribution in [0.25, 0.3) is 0 Å². The third-order valence-corrected chi connectivity index (χ3v) is 7.41. The van der Waals surface area contributed by atoms with Gasteiger partial charge in [0.15, 0.2) is 0 Å². The number of nitrogens with zero attached hydrogens (tertiary/aromatic N) is 3. The highest BCUT2D eigenvalue weighted by Crippen LogP contribution is 2.52. The molecule has 2 aromatic rings. The fourth-order valence-corrected chi connectivity index (χ4v) is 6.04. The Morgan fingerprint density at radius 2 is 1.81 bits per heavy atom. The summed E-state index contributed by atoms with van der Waals surface area (Å²) in [5.74, 6) is -1.32. The lowest BCUT2D eigenvalue weighted by atomic mass is 9.74. The molecule has 4 aliphatic heterocycles. The van der Waals surface area contributed by atoms with Crippen LogP contribution in [0.5, 0.6) is 5.75 Å². The van der Waals surface area contributed by atoms with Crippen LogP contribution in [-0.4, -0.2) is 56.9 Å². The molecule has 4 aliphatic rings. The molecule has 0 N–H and O–H groups in total. The Kier molecular flexibility index (Phi) is 5.68. The van der Waals surface area contributed by atoms with Gasteiger partial charge in [0.1, 0.15) is 22.4 Å². The molecule has 5 heterocycles. The summed E-state index contributed by atoms with van der Waals surface area (Å²) in [4.78, 5) is 26.6. The van der Waals surface area contributed by atoms with Gasteiger partial charge >= 0.3 is 17.8 Å². The van der Waals surface area contributed by atoms with Gasteiger partial charge in [0.05, 0.1) is 18.3 Å². The summed E-state index contributed by atoms with van der Waals surface area (Å²) in [5.41, 5.74) is 0.728. The van der Waals surface area contributed by atoms with Gasteiger partial charge in [0.25, 0.3) is 0 Å². The maximum atomic E-state index is 12.3. The number of para-hydroxylation sites is 1. The molecule has 1 aromatic heterocycles. The van der Waals surface area contributed by atoms with Gasteiger partial charge in [-0.1, -0.05) is 30.0 Å². The van der Waals surface area contributed by atoms with Crippen molar-refractivity contribution < 1.29 is 23.8 Å². The van der Waals surface area contributed by atoms with Crippen molar-refractivity contribution >= 4 is 35.4 Å². The number of hydrogen-bond donors (Lipinski definition) is 0. The Labute approximate surface area is 187 Å². The number of fused-ring (bicyclic) bond motifs is 2. The summed E-state index contributed by atoms with van der Waals surface area (Å²) < 4.78 is 26.4. The predicted octanol–water partition coefficient (Wildman–Crippen LogP) is 2.83. The minimum absolute atomic E-state index is 0.188. The van der Waals surface area contributed by atoms with Crippen molar-refractivity contribution in [3.63, 3.8) is 0 Å². The number of carbonyl (C=O) groups excluding carboxylic acids is 2. The molecular weight excluding hydrogens is 438 g/mol. The number of piperidine rings is 3.